The normalized spacial score (nSPS) is 10.1. The smallest absolute Gasteiger partial charge is 0.150 e. The molecule has 0 aliphatic rings. The molecule has 3 heteroatoms. The maximum absolute atomic E-state index is 13.5. The Hall–Kier alpha value is -2.03. The molecule has 2 nitrogen and oxygen atoms in total. The fraction of sp³-hybridized carbons (Fsp3) is 0.0769. The van der Waals surface area contributed by atoms with Gasteiger partial charge < -0.3 is 0 Å². The zero-order valence-corrected chi connectivity index (χ0v) is 8.77. The minimum absolute atomic E-state index is 0.281. The minimum atomic E-state index is -0.381. The second-order valence-corrected chi connectivity index (χ2v) is 3.53. The Morgan fingerprint density at radius 1 is 1.25 bits per heavy atom. The predicted molar refractivity (Wildman–Crippen MR) is 59.8 cm³/mol. The molecular formula is C13H10FNO. The Kier molecular flexibility index (Phi) is 2.77. The molecule has 0 radical (unpaired) electrons. The summed E-state index contributed by atoms with van der Waals surface area (Å²) in [6, 6.07) is 9.73. The van der Waals surface area contributed by atoms with Crippen LogP contribution < -0.4 is 0 Å². The average molecular weight is 215 g/mol. The summed E-state index contributed by atoms with van der Waals surface area (Å²) < 4.78 is 13.5. The first-order valence-corrected chi connectivity index (χ1v) is 4.89. The highest BCUT2D eigenvalue weighted by molar-refractivity contribution is 5.78. The zero-order valence-electron chi connectivity index (χ0n) is 8.77. The molecule has 1 aromatic carbocycles. The topological polar surface area (TPSA) is 30.0 Å². The van der Waals surface area contributed by atoms with E-state index in [9.17, 15) is 9.18 Å². The average Bonchev–Trinajstić information content (AvgIpc) is 2.32. The number of rotatable bonds is 2. The molecule has 2 rings (SSSR count). The van der Waals surface area contributed by atoms with Gasteiger partial charge >= 0.3 is 0 Å². The van der Waals surface area contributed by atoms with Crippen molar-refractivity contribution in [3.63, 3.8) is 0 Å². The van der Waals surface area contributed by atoms with E-state index < -0.39 is 0 Å². The third-order valence-electron chi connectivity index (χ3n) is 2.28. The quantitative estimate of drug-likeness (QED) is 0.721. The summed E-state index contributed by atoms with van der Waals surface area (Å²) in [5.41, 5.74) is 2.16. The van der Waals surface area contributed by atoms with Gasteiger partial charge in [-0.1, -0.05) is 18.2 Å². The van der Waals surface area contributed by atoms with Gasteiger partial charge in [0.25, 0.3) is 0 Å². The van der Waals surface area contributed by atoms with Gasteiger partial charge in [-0.3, -0.25) is 9.78 Å². The highest BCUT2D eigenvalue weighted by Crippen LogP contribution is 2.21. The van der Waals surface area contributed by atoms with E-state index in [4.69, 9.17) is 0 Å². The highest BCUT2D eigenvalue weighted by atomic mass is 19.1. The summed E-state index contributed by atoms with van der Waals surface area (Å²) in [5.74, 6) is -0.381. The maximum Gasteiger partial charge on any atom is 0.150 e. The van der Waals surface area contributed by atoms with E-state index in [-0.39, 0.29) is 11.5 Å². The van der Waals surface area contributed by atoms with Crippen molar-refractivity contribution in [1.29, 1.82) is 0 Å². The molecule has 2 aromatic rings. The van der Waals surface area contributed by atoms with Crippen LogP contribution in [0.3, 0.4) is 0 Å². The van der Waals surface area contributed by atoms with Crippen LogP contribution in [0, 0.1) is 12.7 Å². The van der Waals surface area contributed by atoms with E-state index >= 15 is 0 Å². The lowest BCUT2D eigenvalue weighted by molar-refractivity contribution is 0.112. The van der Waals surface area contributed by atoms with Crippen LogP contribution >= 0.6 is 0 Å². The van der Waals surface area contributed by atoms with Gasteiger partial charge in [-0.25, -0.2) is 4.39 Å². The molecule has 0 amide bonds. The van der Waals surface area contributed by atoms with Gasteiger partial charge in [0, 0.05) is 16.8 Å². The van der Waals surface area contributed by atoms with Crippen molar-refractivity contribution < 1.29 is 9.18 Å². The number of hydrogen-bond acceptors (Lipinski definition) is 2. The molecule has 80 valence electrons. The largest absolute Gasteiger partial charge is 0.298 e. The molecule has 16 heavy (non-hydrogen) atoms. The molecule has 0 atom stereocenters. The van der Waals surface area contributed by atoms with Crippen LogP contribution in [-0.4, -0.2) is 11.3 Å². The number of halogens is 1. The number of carbonyl (C=O) groups is 1. The lowest BCUT2D eigenvalue weighted by Gasteiger charge is -2.04. The molecule has 0 saturated heterocycles. The van der Waals surface area contributed by atoms with E-state index in [1.807, 2.05) is 0 Å². The van der Waals surface area contributed by atoms with Crippen molar-refractivity contribution in [2.75, 3.05) is 0 Å². The van der Waals surface area contributed by atoms with Gasteiger partial charge in [-0.2, -0.15) is 0 Å². The Morgan fingerprint density at radius 3 is 2.81 bits per heavy atom. The molecule has 0 bridgehead atoms. The molecular weight excluding hydrogens is 205 g/mol. The lowest BCUT2D eigenvalue weighted by Crippen LogP contribution is -1.92. The van der Waals surface area contributed by atoms with Gasteiger partial charge in [0.1, 0.15) is 17.8 Å². The first kappa shape index (κ1) is 10.5. The maximum atomic E-state index is 13.5. The van der Waals surface area contributed by atoms with E-state index in [1.54, 1.807) is 37.3 Å². The summed E-state index contributed by atoms with van der Waals surface area (Å²) in [4.78, 5) is 14.8. The third-order valence-corrected chi connectivity index (χ3v) is 2.28. The standard InChI is InChI=1S/C13H10FNO/c1-9-5-6-12(14)13(15-9)11-4-2-3-10(7-11)8-16/h2-8H,1H3. The summed E-state index contributed by atoms with van der Waals surface area (Å²) in [6.07, 6.45) is 0.733. The second kappa shape index (κ2) is 4.23. The Morgan fingerprint density at radius 2 is 2.06 bits per heavy atom. The summed E-state index contributed by atoms with van der Waals surface area (Å²) >= 11 is 0. The van der Waals surface area contributed by atoms with Gasteiger partial charge in [-0.15, -0.1) is 0 Å². The fourth-order valence-electron chi connectivity index (χ4n) is 1.50. The zero-order chi connectivity index (χ0) is 11.5. The molecule has 0 spiro atoms. The van der Waals surface area contributed by atoms with Gasteiger partial charge in [0.15, 0.2) is 0 Å². The molecule has 0 saturated carbocycles. The highest BCUT2D eigenvalue weighted by Gasteiger charge is 2.07. The third kappa shape index (κ3) is 1.98. The van der Waals surface area contributed by atoms with Gasteiger partial charge in [-0.05, 0) is 25.1 Å². The number of hydrogen-bond donors (Lipinski definition) is 0. The predicted octanol–water partition coefficient (Wildman–Crippen LogP) is 3.01. The monoisotopic (exact) mass is 215 g/mol. The minimum Gasteiger partial charge on any atom is -0.298 e. The van der Waals surface area contributed by atoms with Crippen molar-refractivity contribution in [2.24, 2.45) is 0 Å². The van der Waals surface area contributed by atoms with E-state index in [0.29, 0.717) is 11.1 Å². The van der Waals surface area contributed by atoms with Crippen LogP contribution in [0.4, 0.5) is 4.39 Å². The number of aromatic nitrogens is 1. The van der Waals surface area contributed by atoms with Crippen molar-refractivity contribution in [1.82, 2.24) is 4.98 Å². The van der Waals surface area contributed by atoms with Crippen LogP contribution in [-0.2, 0) is 0 Å². The first-order chi connectivity index (χ1) is 7.70. The molecule has 0 aliphatic carbocycles. The van der Waals surface area contributed by atoms with Crippen LogP contribution in [0.25, 0.3) is 11.3 Å². The van der Waals surface area contributed by atoms with E-state index in [0.717, 1.165) is 12.0 Å². The van der Waals surface area contributed by atoms with Gasteiger partial charge in [0.05, 0.1) is 0 Å². The molecule has 0 unspecified atom stereocenters. The molecule has 1 aromatic heterocycles. The van der Waals surface area contributed by atoms with Crippen molar-refractivity contribution in [3.8, 4) is 11.3 Å². The Labute approximate surface area is 92.8 Å². The molecule has 1 heterocycles. The number of benzene rings is 1. The van der Waals surface area contributed by atoms with E-state index in [2.05, 4.69) is 4.98 Å². The number of carbonyl (C=O) groups excluding carboxylic acids is 1. The van der Waals surface area contributed by atoms with Crippen molar-refractivity contribution in [3.05, 3.63) is 53.5 Å². The summed E-state index contributed by atoms with van der Waals surface area (Å²) in [7, 11) is 0. The molecule has 0 fully saturated rings. The Balaban J connectivity index is 2.57. The van der Waals surface area contributed by atoms with Crippen molar-refractivity contribution in [2.45, 2.75) is 6.92 Å². The second-order valence-electron chi connectivity index (χ2n) is 3.53. The number of nitrogens with zero attached hydrogens (tertiary/aromatic N) is 1. The van der Waals surface area contributed by atoms with Gasteiger partial charge in [0.2, 0.25) is 0 Å². The first-order valence-electron chi connectivity index (χ1n) is 4.89. The van der Waals surface area contributed by atoms with Crippen LogP contribution in [0.1, 0.15) is 16.1 Å². The number of aryl methyl sites for hydroxylation is 1. The van der Waals surface area contributed by atoms with Crippen molar-refractivity contribution >= 4 is 6.29 Å². The SMILES string of the molecule is Cc1ccc(F)c(-c2cccc(C=O)c2)n1. The molecule has 0 aliphatic heterocycles. The lowest BCUT2D eigenvalue weighted by atomic mass is 10.1. The Bertz CT molecular complexity index is 537. The summed E-state index contributed by atoms with van der Waals surface area (Å²) in [5, 5.41) is 0. The number of pyridine rings is 1. The number of aldehydes is 1. The fourth-order valence-corrected chi connectivity index (χ4v) is 1.50. The van der Waals surface area contributed by atoms with Crippen LogP contribution in [0.15, 0.2) is 36.4 Å². The summed E-state index contributed by atoms with van der Waals surface area (Å²) in [6.45, 7) is 1.80. The molecule has 0 N–H and O–H groups in total. The van der Waals surface area contributed by atoms with Crippen LogP contribution in [0.5, 0.6) is 0 Å². The van der Waals surface area contributed by atoms with E-state index in [1.165, 1.54) is 6.07 Å². The van der Waals surface area contributed by atoms with Crippen LogP contribution in [0.2, 0.25) is 0 Å².